The summed E-state index contributed by atoms with van der Waals surface area (Å²) in [5, 5.41) is 9.48. The molecule has 1 aromatic rings. The Labute approximate surface area is 108 Å². The van der Waals surface area contributed by atoms with Crippen molar-refractivity contribution in [3.63, 3.8) is 0 Å². The van der Waals surface area contributed by atoms with E-state index in [1.807, 2.05) is 6.07 Å². The lowest BCUT2D eigenvalue weighted by molar-refractivity contribution is 0.0525. The van der Waals surface area contributed by atoms with Crippen LogP contribution < -0.4 is 4.74 Å². The molecule has 0 aliphatic carbocycles. The highest BCUT2D eigenvalue weighted by Crippen LogP contribution is 2.27. The molecule has 0 aromatic heterocycles. The highest BCUT2D eigenvalue weighted by molar-refractivity contribution is 9.08. The first-order valence-electron chi connectivity index (χ1n) is 5.02. The van der Waals surface area contributed by atoms with Crippen LogP contribution in [-0.4, -0.2) is 19.7 Å². The maximum absolute atomic E-state index is 11.7. The zero-order valence-electron chi connectivity index (χ0n) is 9.62. The van der Waals surface area contributed by atoms with Gasteiger partial charge in [0, 0.05) is 5.33 Å². The number of rotatable bonds is 4. The SMILES string of the molecule is CCOC(=O)c1ccc(OC)c(C#N)c1CBr. The van der Waals surface area contributed by atoms with E-state index in [1.54, 1.807) is 19.1 Å². The average Bonchev–Trinajstić information content (AvgIpc) is 2.36. The molecule has 0 fully saturated rings. The molecule has 0 amide bonds. The van der Waals surface area contributed by atoms with E-state index in [-0.39, 0.29) is 0 Å². The summed E-state index contributed by atoms with van der Waals surface area (Å²) in [7, 11) is 1.48. The van der Waals surface area contributed by atoms with Gasteiger partial charge in [-0.15, -0.1) is 0 Å². The second kappa shape index (κ2) is 6.26. The fourth-order valence-electron chi connectivity index (χ4n) is 1.46. The van der Waals surface area contributed by atoms with Gasteiger partial charge in [-0.3, -0.25) is 0 Å². The van der Waals surface area contributed by atoms with Crippen LogP contribution in [0, 0.1) is 11.3 Å². The van der Waals surface area contributed by atoms with Gasteiger partial charge in [0.1, 0.15) is 11.8 Å². The molecule has 0 heterocycles. The Morgan fingerprint density at radius 1 is 1.53 bits per heavy atom. The number of halogens is 1. The van der Waals surface area contributed by atoms with E-state index in [1.165, 1.54) is 7.11 Å². The van der Waals surface area contributed by atoms with Gasteiger partial charge in [0.2, 0.25) is 0 Å². The number of carbonyl (C=O) groups is 1. The number of carbonyl (C=O) groups excluding carboxylic acids is 1. The van der Waals surface area contributed by atoms with Gasteiger partial charge in [-0.2, -0.15) is 5.26 Å². The molecule has 5 heteroatoms. The summed E-state index contributed by atoms with van der Waals surface area (Å²) in [6, 6.07) is 5.24. The van der Waals surface area contributed by atoms with E-state index in [9.17, 15) is 4.79 Å². The molecule has 0 spiro atoms. The Morgan fingerprint density at radius 3 is 2.71 bits per heavy atom. The summed E-state index contributed by atoms with van der Waals surface area (Å²) in [5.41, 5.74) is 1.33. The summed E-state index contributed by atoms with van der Waals surface area (Å²) in [6.07, 6.45) is 0. The third-order valence-electron chi connectivity index (χ3n) is 2.24. The molecular formula is C12H12BrNO3. The topological polar surface area (TPSA) is 59.3 Å². The van der Waals surface area contributed by atoms with Crippen LogP contribution in [0.25, 0.3) is 0 Å². The first-order chi connectivity index (χ1) is 8.19. The van der Waals surface area contributed by atoms with E-state index in [2.05, 4.69) is 15.9 Å². The third-order valence-corrected chi connectivity index (χ3v) is 2.80. The molecule has 0 saturated heterocycles. The highest BCUT2D eigenvalue weighted by Gasteiger charge is 2.18. The molecule has 0 unspecified atom stereocenters. The molecule has 90 valence electrons. The van der Waals surface area contributed by atoms with Gasteiger partial charge in [-0.05, 0) is 24.6 Å². The Bertz CT molecular complexity index is 466. The van der Waals surface area contributed by atoms with Crippen molar-refractivity contribution in [3.8, 4) is 11.8 Å². The molecule has 0 bridgehead atoms. The molecule has 4 nitrogen and oxygen atoms in total. The third kappa shape index (κ3) is 2.77. The number of nitriles is 1. The van der Waals surface area contributed by atoms with Crippen molar-refractivity contribution in [2.75, 3.05) is 13.7 Å². The van der Waals surface area contributed by atoms with Crippen LogP contribution in [0.4, 0.5) is 0 Å². The van der Waals surface area contributed by atoms with Crippen LogP contribution >= 0.6 is 15.9 Å². The van der Waals surface area contributed by atoms with Crippen molar-refractivity contribution in [1.82, 2.24) is 0 Å². The molecule has 17 heavy (non-hydrogen) atoms. The second-order valence-electron chi connectivity index (χ2n) is 3.13. The first kappa shape index (κ1) is 13.5. The monoisotopic (exact) mass is 297 g/mol. The minimum Gasteiger partial charge on any atom is -0.495 e. The number of esters is 1. The number of alkyl halides is 1. The summed E-state index contributed by atoms with van der Waals surface area (Å²) in [6.45, 7) is 2.04. The van der Waals surface area contributed by atoms with Gasteiger partial charge in [0.15, 0.2) is 0 Å². The number of hydrogen-bond acceptors (Lipinski definition) is 4. The zero-order valence-corrected chi connectivity index (χ0v) is 11.2. The van der Waals surface area contributed by atoms with Crippen LogP contribution in [0.2, 0.25) is 0 Å². The van der Waals surface area contributed by atoms with E-state index >= 15 is 0 Å². The van der Waals surface area contributed by atoms with Crippen molar-refractivity contribution in [2.45, 2.75) is 12.3 Å². The Morgan fingerprint density at radius 2 is 2.24 bits per heavy atom. The number of methoxy groups -OCH3 is 1. The second-order valence-corrected chi connectivity index (χ2v) is 3.70. The zero-order chi connectivity index (χ0) is 12.8. The van der Waals surface area contributed by atoms with Crippen molar-refractivity contribution >= 4 is 21.9 Å². The number of benzene rings is 1. The summed E-state index contributed by atoms with van der Waals surface area (Å²) in [5.74, 6) is 0.0242. The van der Waals surface area contributed by atoms with Gasteiger partial charge < -0.3 is 9.47 Å². The maximum Gasteiger partial charge on any atom is 0.338 e. The summed E-state index contributed by atoms with van der Waals surface area (Å²) in [4.78, 5) is 11.7. The van der Waals surface area contributed by atoms with Gasteiger partial charge in [-0.1, -0.05) is 15.9 Å². The molecule has 1 aromatic carbocycles. The van der Waals surface area contributed by atoms with Crippen LogP contribution in [-0.2, 0) is 10.1 Å². The van der Waals surface area contributed by atoms with Crippen LogP contribution in [0.15, 0.2) is 12.1 Å². The lowest BCUT2D eigenvalue weighted by atomic mass is 10.0. The van der Waals surface area contributed by atoms with Crippen molar-refractivity contribution in [1.29, 1.82) is 5.26 Å². The standard InChI is InChI=1S/C12H12BrNO3/c1-3-17-12(15)8-4-5-11(16-2)10(7-14)9(8)6-13/h4-5H,3,6H2,1-2H3. The van der Waals surface area contributed by atoms with E-state index in [4.69, 9.17) is 14.7 Å². The predicted octanol–water partition coefficient (Wildman–Crippen LogP) is 2.64. The highest BCUT2D eigenvalue weighted by atomic mass is 79.9. The number of nitrogens with zero attached hydrogens (tertiary/aromatic N) is 1. The molecular weight excluding hydrogens is 286 g/mol. The fourth-order valence-corrected chi connectivity index (χ4v) is 2.04. The van der Waals surface area contributed by atoms with Gasteiger partial charge in [-0.25, -0.2) is 4.79 Å². The van der Waals surface area contributed by atoms with Crippen molar-refractivity contribution in [3.05, 3.63) is 28.8 Å². The normalized spacial score (nSPS) is 9.53. The van der Waals surface area contributed by atoms with Gasteiger partial charge in [0.05, 0.1) is 24.8 Å². The molecule has 0 radical (unpaired) electrons. The molecule has 0 atom stereocenters. The van der Waals surface area contributed by atoms with Crippen molar-refractivity contribution < 1.29 is 14.3 Å². The Hall–Kier alpha value is -1.54. The molecule has 0 N–H and O–H groups in total. The maximum atomic E-state index is 11.7. The molecule has 0 aliphatic rings. The first-order valence-corrected chi connectivity index (χ1v) is 6.14. The summed E-state index contributed by atoms with van der Waals surface area (Å²) >= 11 is 3.27. The number of ether oxygens (including phenoxy) is 2. The quantitative estimate of drug-likeness (QED) is 0.633. The van der Waals surface area contributed by atoms with E-state index < -0.39 is 5.97 Å². The largest absolute Gasteiger partial charge is 0.495 e. The smallest absolute Gasteiger partial charge is 0.338 e. The Kier molecular flexibility index (Phi) is 4.98. The average molecular weight is 298 g/mol. The molecule has 0 saturated carbocycles. The van der Waals surface area contributed by atoms with Crippen LogP contribution in [0.3, 0.4) is 0 Å². The van der Waals surface area contributed by atoms with E-state index in [0.717, 1.165) is 0 Å². The summed E-state index contributed by atoms with van der Waals surface area (Å²) < 4.78 is 10.0. The fraction of sp³-hybridized carbons (Fsp3) is 0.333. The van der Waals surface area contributed by atoms with Crippen LogP contribution in [0.5, 0.6) is 5.75 Å². The minimum atomic E-state index is -0.430. The van der Waals surface area contributed by atoms with E-state index in [0.29, 0.717) is 34.4 Å². The van der Waals surface area contributed by atoms with Gasteiger partial charge >= 0.3 is 5.97 Å². The lowest BCUT2D eigenvalue weighted by Gasteiger charge is -2.11. The molecule has 0 aliphatic heterocycles. The van der Waals surface area contributed by atoms with Crippen LogP contribution in [0.1, 0.15) is 28.4 Å². The molecule has 1 rings (SSSR count). The van der Waals surface area contributed by atoms with Crippen molar-refractivity contribution in [2.24, 2.45) is 0 Å². The lowest BCUT2D eigenvalue weighted by Crippen LogP contribution is -2.09. The van der Waals surface area contributed by atoms with Gasteiger partial charge in [0.25, 0.3) is 0 Å². The Balaban J connectivity index is 3.34. The minimum absolute atomic E-state index is 0.300. The number of hydrogen-bond donors (Lipinski definition) is 0. The predicted molar refractivity (Wildman–Crippen MR) is 66.3 cm³/mol.